The molecule has 1 N–H and O–H groups in total. The van der Waals surface area contributed by atoms with Crippen LogP contribution in [-0.4, -0.2) is 46.0 Å². The van der Waals surface area contributed by atoms with Crippen LogP contribution < -0.4 is 5.56 Å². The zero-order chi connectivity index (χ0) is 26.0. The standard InChI is InChI=1S/C26H23N5O5/c1-15-19(13-27)25(34)31(16(2)30(3)24(33)17-9-5-4-6-10-17)26(35)22(15)29-28-20-12-8-7-11-18(20)23(32)21-14-36-21/h4-12,16,21,34H,14H2,1-3H3. The van der Waals surface area contributed by atoms with Gasteiger partial charge in [-0.1, -0.05) is 30.3 Å². The van der Waals surface area contributed by atoms with Crippen LogP contribution in [0.15, 0.2) is 69.6 Å². The second-order valence-corrected chi connectivity index (χ2v) is 8.28. The van der Waals surface area contributed by atoms with Crippen LogP contribution in [0, 0.1) is 18.3 Å². The summed E-state index contributed by atoms with van der Waals surface area (Å²) in [4.78, 5) is 40.2. The highest BCUT2D eigenvalue weighted by atomic mass is 16.6. The van der Waals surface area contributed by atoms with Gasteiger partial charge in [-0.2, -0.15) is 5.26 Å². The fourth-order valence-corrected chi connectivity index (χ4v) is 3.75. The molecule has 0 saturated carbocycles. The minimum atomic E-state index is -0.965. The van der Waals surface area contributed by atoms with Gasteiger partial charge < -0.3 is 14.7 Å². The van der Waals surface area contributed by atoms with Crippen LogP contribution in [0.3, 0.4) is 0 Å². The number of Topliss-reactive ketones (excluding diaryl/α,β-unsaturated/α-hetero) is 1. The molecule has 3 aromatic rings. The predicted octanol–water partition coefficient (Wildman–Crippen LogP) is 4.02. The number of hydrogen-bond acceptors (Lipinski definition) is 8. The number of nitrogens with zero attached hydrogens (tertiary/aromatic N) is 5. The van der Waals surface area contributed by atoms with E-state index in [1.165, 1.54) is 18.9 Å². The quantitative estimate of drug-likeness (QED) is 0.304. The third-order valence-electron chi connectivity index (χ3n) is 6.04. The molecule has 36 heavy (non-hydrogen) atoms. The Morgan fingerprint density at radius 1 is 1.17 bits per heavy atom. The van der Waals surface area contributed by atoms with E-state index in [9.17, 15) is 24.8 Å². The molecule has 10 nitrogen and oxygen atoms in total. The van der Waals surface area contributed by atoms with Crippen molar-refractivity contribution >= 4 is 23.1 Å². The highest BCUT2D eigenvalue weighted by molar-refractivity contribution is 6.04. The number of benzene rings is 2. The normalized spacial score (nSPS) is 15.3. The van der Waals surface area contributed by atoms with E-state index in [0.717, 1.165) is 4.57 Å². The van der Waals surface area contributed by atoms with Gasteiger partial charge >= 0.3 is 0 Å². The number of azo groups is 1. The van der Waals surface area contributed by atoms with Gasteiger partial charge in [-0.15, -0.1) is 10.2 Å². The van der Waals surface area contributed by atoms with Gasteiger partial charge in [0.2, 0.25) is 5.88 Å². The molecule has 0 aliphatic carbocycles. The maximum absolute atomic E-state index is 13.5. The monoisotopic (exact) mass is 485 g/mol. The number of hydrogen-bond donors (Lipinski definition) is 1. The summed E-state index contributed by atoms with van der Waals surface area (Å²) in [5.74, 6) is -1.20. The van der Waals surface area contributed by atoms with E-state index < -0.39 is 23.7 Å². The molecule has 0 bridgehead atoms. The van der Waals surface area contributed by atoms with E-state index in [-0.39, 0.29) is 34.2 Å². The van der Waals surface area contributed by atoms with Crippen molar-refractivity contribution in [2.75, 3.05) is 13.7 Å². The van der Waals surface area contributed by atoms with Gasteiger partial charge in [0, 0.05) is 23.7 Å². The minimum absolute atomic E-state index is 0.124. The maximum Gasteiger partial charge on any atom is 0.283 e. The third kappa shape index (κ3) is 4.52. The average molecular weight is 486 g/mol. The molecule has 2 aromatic carbocycles. The Morgan fingerprint density at radius 3 is 2.44 bits per heavy atom. The summed E-state index contributed by atoms with van der Waals surface area (Å²) in [7, 11) is 1.49. The molecule has 1 fully saturated rings. The third-order valence-corrected chi connectivity index (χ3v) is 6.04. The summed E-state index contributed by atoms with van der Waals surface area (Å²) in [5.41, 5.74) is -0.0657. The minimum Gasteiger partial charge on any atom is -0.493 e. The summed E-state index contributed by atoms with van der Waals surface area (Å²) >= 11 is 0. The largest absolute Gasteiger partial charge is 0.493 e. The Morgan fingerprint density at radius 2 is 1.81 bits per heavy atom. The highest BCUT2D eigenvalue weighted by Crippen LogP contribution is 2.31. The van der Waals surface area contributed by atoms with Gasteiger partial charge in [0.25, 0.3) is 11.5 Å². The molecule has 1 aliphatic heterocycles. The Kier molecular flexibility index (Phi) is 6.76. The van der Waals surface area contributed by atoms with Crippen molar-refractivity contribution in [2.45, 2.75) is 26.1 Å². The number of ether oxygens (including phenoxy) is 1. The first-order valence-electron chi connectivity index (χ1n) is 11.1. The fourth-order valence-electron chi connectivity index (χ4n) is 3.75. The van der Waals surface area contributed by atoms with E-state index in [0.29, 0.717) is 17.7 Å². The topological polar surface area (TPSA) is 141 Å². The number of carbonyl (C=O) groups excluding carboxylic acids is 2. The number of ketones is 1. The Balaban J connectivity index is 1.77. The molecule has 10 heteroatoms. The molecule has 2 unspecified atom stereocenters. The van der Waals surface area contributed by atoms with Gasteiger partial charge in [0.05, 0.1) is 12.3 Å². The van der Waals surface area contributed by atoms with Crippen molar-refractivity contribution in [1.29, 1.82) is 5.26 Å². The van der Waals surface area contributed by atoms with Crippen LogP contribution in [-0.2, 0) is 4.74 Å². The average Bonchev–Trinajstić information content (AvgIpc) is 3.74. The molecule has 0 spiro atoms. The number of carbonyl (C=O) groups is 2. The van der Waals surface area contributed by atoms with Crippen molar-refractivity contribution in [1.82, 2.24) is 9.47 Å². The molecule has 4 rings (SSSR count). The van der Waals surface area contributed by atoms with Gasteiger partial charge in [-0.3, -0.25) is 19.0 Å². The summed E-state index contributed by atoms with van der Waals surface area (Å²) in [6.45, 7) is 3.35. The zero-order valence-corrected chi connectivity index (χ0v) is 19.9. The first-order chi connectivity index (χ1) is 17.3. The van der Waals surface area contributed by atoms with Crippen molar-refractivity contribution in [3.05, 3.63) is 87.2 Å². The van der Waals surface area contributed by atoms with E-state index in [4.69, 9.17) is 4.74 Å². The van der Waals surface area contributed by atoms with Gasteiger partial charge in [0.15, 0.2) is 11.5 Å². The number of nitriles is 1. The van der Waals surface area contributed by atoms with Crippen LogP contribution in [0.5, 0.6) is 5.88 Å². The number of amides is 1. The number of rotatable bonds is 7. The summed E-state index contributed by atoms with van der Waals surface area (Å²) in [6.07, 6.45) is -1.48. The van der Waals surface area contributed by atoms with Gasteiger partial charge in [0.1, 0.15) is 23.9 Å². The number of pyridine rings is 1. The Hall–Kier alpha value is -4.62. The summed E-state index contributed by atoms with van der Waals surface area (Å²) < 4.78 is 6.00. The molecule has 0 radical (unpaired) electrons. The van der Waals surface area contributed by atoms with Crippen LogP contribution in [0.25, 0.3) is 0 Å². The molecular weight excluding hydrogens is 462 g/mol. The molecular formula is C26H23N5O5. The maximum atomic E-state index is 13.5. The van der Waals surface area contributed by atoms with Gasteiger partial charge in [-0.25, -0.2) is 0 Å². The zero-order valence-electron chi connectivity index (χ0n) is 19.9. The highest BCUT2D eigenvalue weighted by Gasteiger charge is 2.33. The van der Waals surface area contributed by atoms with Gasteiger partial charge in [-0.05, 0) is 38.1 Å². The van der Waals surface area contributed by atoms with Crippen molar-refractivity contribution in [2.24, 2.45) is 10.2 Å². The van der Waals surface area contributed by atoms with E-state index in [1.807, 2.05) is 6.07 Å². The Bertz CT molecular complexity index is 1470. The fraction of sp³-hybridized carbons (Fsp3) is 0.231. The number of aromatic hydroxyl groups is 1. The summed E-state index contributed by atoms with van der Waals surface area (Å²) in [6, 6.07) is 16.9. The van der Waals surface area contributed by atoms with Crippen molar-refractivity contribution in [3.63, 3.8) is 0 Å². The van der Waals surface area contributed by atoms with E-state index in [2.05, 4.69) is 10.2 Å². The first kappa shape index (κ1) is 24.5. The lowest BCUT2D eigenvalue weighted by molar-refractivity contribution is 0.0670. The predicted molar refractivity (Wildman–Crippen MR) is 130 cm³/mol. The second kappa shape index (κ2) is 9.93. The van der Waals surface area contributed by atoms with Crippen molar-refractivity contribution in [3.8, 4) is 11.9 Å². The number of epoxide rings is 1. The van der Waals surface area contributed by atoms with Crippen molar-refractivity contribution < 1.29 is 19.4 Å². The molecule has 2 atom stereocenters. The molecule has 1 aromatic heterocycles. The molecule has 1 aliphatic rings. The lowest BCUT2D eigenvalue weighted by Gasteiger charge is -2.28. The second-order valence-electron chi connectivity index (χ2n) is 8.28. The summed E-state index contributed by atoms with van der Waals surface area (Å²) in [5, 5.41) is 28.7. The van der Waals surface area contributed by atoms with E-state index >= 15 is 0 Å². The van der Waals surface area contributed by atoms with Crippen LogP contribution in [0.1, 0.15) is 44.9 Å². The van der Waals surface area contributed by atoms with Crippen LogP contribution in [0.2, 0.25) is 0 Å². The SMILES string of the molecule is Cc1c(C#N)c(O)n(C(C)N(C)C(=O)c2ccccc2)c(=O)c1N=Nc1ccccc1C(=O)C1CO1. The lowest BCUT2D eigenvalue weighted by Crippen LogP contribution is -2.38. The van der Waals surface area contributed by atoms with E-state index in [1.54, 1.807) is 61.5 Å². The lowest BCUT2D eigenvalue weighted by atomic mass is 10.1. The van der Waals surface area contributed by atoms with Crippen LogP contribution >= 0.6 is 0 Å². The molecule has 2 heterocycles. The number of aromatic nitrogens is 1. The molecule has 1 amide bonds. The molecule has 1 saturated heterocycles. The van der Waals surface area contributed by atoms with Crippen LogP contribution in [0.4, 0.5) is 11.4 Å². The Labute approximate surface area is 206 Å². The molecule has 182 valence electrons. The smallest absolute Gasteiger partial charge is 0.283 e. The first-order valence-corrected chi connectivity index (χ1v) is 11.1.